The normalized spacial score (nSPS) is 23.2. The van der Waals surface area contributed by atoms with E-state index in [-0.39, 0.29) is 44.9 Å². The first-order chi connectivity index (χ1) is 18.6. The molecule has 39 heavy (non-hydrogen) atoms. The number of alkyl halides is 3. The van der Waals surface area contributed by atoms with Crippen LogP contribution in [0, 0.1) is 29.4 Å². The zero-order valence-corrected chi connectivity index (χ0v) is 20.4. The predicted octanol–water partition coefficient (Wildman–Crippen LogP) is 6.65. The highest BCUT2D eigenvalue weighted by Gasteiger charge is 2.44. The quantitative estimate of drug-likeness (QED) is 0.243. The molecule has 2 bridgehead atoms. The number of hydrogen-bond acceptors (Lipinski definition) is 5. The van der Waals surface area contributed by atoms with Crippen molar-refractivity contribution in [2.75, 3.05) is 5.32 Å². The molecule has 6 rings (SSSR count). The number of aliphatic carboxylic acids is 1. The number of nitrogens with zero attached hydrogens (tertiary/aromatic N) is 2. The molecule has 4 atom stereocenters. The van der Waals surface area contributed by atoms with Crippen LogP contribution in [0.25, 0.3) is 33.2 Å². The lowest BCUT2D eigenvalue weighted by Gasteiger charge is -2.43. The second kappa shape index (κ2) is 9.35. The first kappa shape index (κ1) is 25.3. The van der Waals surface area contributed by atoms with Crippen LogP contribution >= 0.6 is 0 Å². The fourth-order valence-corrected chi connectivity index (χ4v) is 6.31. The molecular weight excluding hydrogens is 523 g/mol. The molecular formula is C27H23F5N4O3. The van der Waals surface area contributed by atoms with Gasteiger partial charge in [-0.3, -0.25) is 4.79 Å². The largest absolute Gasteiger partial charge is 0.573 e. The maximum absolute atomic E-state index is 14.4. The Hall–Kier alpha value is -3.96. The summed E-state index contributed by atoms with van der Waals surface area (Å²) in [4.78, 5) is 23.9. The Balaban J connectivity index is 1.52. The molecule has 12 heteroatoms. The fraction of sp³-hybridized carbons (Fsp3) is 0.370. The first-order valence-electron chi connectivity index (χ1n) is 12.6. The fourth-order valence-electron chi connectivity index (χ4n) is 6.31. The van der Waals surface area contributed by atoms with E-state index in [1.807, 2.05) is 0 Å². The molecule has 4 unspecified atom stereocenters. The van der Waals surface area contributed by atoms with E-state index in [2.05, 4.69) is 25.0 Å². The Kier molecular flexibility index (Phi) is 6.07. The van der Waals surface area contributed by atoms with Crippen molar-refractivity contribution in [2.45, 2.75) is 44.5 Å². The lowest BCUT2D eigenvalue weighted by molar-refractivity contribution is -0.274. The van der Waals surface area contributed by atoms with Gasteiger partial charge in [-0.05, 0) is 49.3 Å². The van der Waals surface area contributed by atoms with Gasteiger partial charge in [0.15, 0.2) is 11.6 Å². The monoisotopic (exact) mass is 546 g/mol. The molecule has 2 aromatic heterocycles. The molecule has 2 aromatic carbocycles. The number of hydrogen-bond donors (Lipinski definition) is 3. The molecule has 4 aromatic rings. The molecule has 2 fully saturated rings. The summed E-state index contributed by atoms with van der Waals surface area (Å²) < 4.78 is 72.4. The van der Waals surface area contributed by atoms with Crippen molar-refractivity contribution in [3.63, 3.8) is 0 Å². The van der Waals surface area contributed by atoms with Crippen LogP contribution in [0.15, 0.2) is 36.5 Å². The van der Waals surface area contributed by atoms with Crippen molar-refractivity contribution in [3.05, 3.63) is 48.2 Å². The smallest absolute Gasteiger partial charge is 0.481 e. The number of carbonyl (C=O) groups is 1. The lowest BCUT2D eigenvalue weighted by atomic mass is 9.64. The van der Waals surface area contributed by atoms with Crippen LogP contribution in [0.5, 0.6) is 5.75 Å². The number of H-pyrrole nitrogens is 1. The van der Waals surface area contributed by atoms with E-state index in [0.717, 1.165) is 37.8 Å². The topological polar surface area (TPSA) is 100 Å². The third kappa shape index (κ3) is 4.72. The van der Waals surface area contributed by atoms with Gasteiger partial charge in [-0.2, -0.15) is 0 Å². The summed E-state index contributed by atoms with van der Waals surface area (Å²) in [5.41, 5.74) is -0.0441. The number of nitrogens with one attached hydrogen (secondary N) is 2. The molecule has 2 aliphatic carbocycles. The van der Waals surface area contributed by atoms with Crippen molar-refractivity contribution in [3.8, 4) is 17.1 Å². The summed E-state index contributed by atoms with van der Waals surface area (Å²) in [5.74, 6) is -3.63. The van der Waals surface area contributed by atoms with Crippen molar-refractivity contribution in [2.24, 2.45) is 17.8 Å². The summed E-state index contributed by atoms with van der Waals surface area (Å²) in [6.45, 7) is 0. The number of rotatable bonds is 5. The van der Waals surface area contributed by atoms with Crippen molar-refractivity contribution < 1.29 is 36.6 Å². The Labute approximate surface area is 218 Å². The van der Waals surface area contributed by atoms with E-state index in [0.29, 0.717) is 18.4 Å². The van der Waals surface area contributed by atoms with Crippen LogP contribution < -0.4 is 10.1 Å². The maximum Gasteiger partial charge on any atom is 0.573 e. The van der Waals surface area contributed by atoms with Gasteiger partial charge in [0.25, 0.3) is 0 Å². The molecule has 0 radical (unpaired) electrons. The molecule has 2 saturated carbocycles. The van der Waals surface area contributed by atoms with Crippen LogP contribution in [0.3, 0.4) is 0 Å². The van der Waals surface area contributed by atoms with Gasteiger partial charge in [-0.25, -0.2) is 18.7 Å². The van der Waals surface area contributed by atoms with Crippen LogP contribution in [0.1, 0.15) is 32.1 Å². The van der Waals surface area contributed by atoms with E-state index in [1.54, 1.807) is 0 Å². The van der Waals surface area contributed by atoms with E-state index in [4.69, 9.17) is 0 Å². The van der Waals surface area contributed by atoms with Crippen molar-refractivity contribution in [1.29, 1.82) is 0 Å². The molecule has 0 aliphatic heterocycles. The highest BCUT2D eigenvalue weighted by molar-refractivity contribution is 5.98. The standard InChI is InChI=1S/C27H23F5N4O3/c28-14-9-16-17(11-33-22(16)18(29)10-14)25-35-23-15(5-2-6-20(23)39-27(30,31)32)24(36-25)34-19-8-12-3-1-4-13(7-12)21(19)26(37)38/h2,5-6,9-13,19,21,33H,1,3-4,7-8H2,(H,37,38)(H,34,35,36). The summed E-state index contributed by atoms with van der Waals surface area (Å²) in [5, 5.41) is 13.6. The van der Waals surface area contributed by atoms with Gasteiger partial charge < -0.3 is 20.1 Å². The van der Waals surface area contributed by atoms with E-state index in [1.165, 1.54) is 18.3 Å². The lowest BCUT2D eigenvalue weighted by Crippen LogP contribution is -2.47. The minimum atomic E-state index is -5.00. The average Bonchev–Trinajstić information content (AvgIpc) is 3.27. The second-order valence-corrected chi connectivity index (χ2v) is 10.3. The second-order valence-electron chi connectivity index (χ2n) is 10.3. The highest BCUT2D eigenvalue weighted by Crippen LogP contribution is 2.45. The molecule has 2 aliphatic rings. The van der Waals surface area contributed by atoms with Crippen LogP contribution in [-0.2, 0) is 4.79 Å². The molecule has 0 amide bonds. The Morgan fingerprint density at radius 2 is 1.92 bits per heavy atom. The Morgan fingerprint density at radius 3 is 2.69 bits per heavy atom. The van der Waals surface area contributed by atoms with Gasteiger partial charge in [-0.1, -0.05) is 18.9 Å². The van der Waals surface area contributed by atoms with Crippen LogP contribution in [0.4, 0.5) is 27.8 Å². The minimum absolute atomic E-state index is 0.0181. The van der Waals surface area contributed by atoms with Gasteiger partial charge in [0.05, 0.1) is 11.4 Å². The number of benzene rings is 2. The SMILES string of the molecule is O=C(O)C1C2CCCC(C2)CC1Nc1nc(-c2c[nH]c3c(F)cc(F)cc23)nc2c(OC(F)(F)F)cccc12. The average molecular weight is 546 g/mol. The van der Waals surface area contributed by atoms with Crippen LogP contribution in [-0.4, -0.2) is 38.4 Å². The molecule has 0 spiro atoms. The summed E-state index contributed by atoms with van der Waals surface area (Å²) in [6, 6.07) is 5.24. The van der Waals surface area contributed by atoms with Gasteiger partial charge in [-0.15, -0.1) is 13.2 Å². The molecule has 204 valence electrons. The minimum Gasteiger partial charge on any atom is -0.481 e. The molecule has 3 N–H and O–H groups in total. The highest BCUT2D eigenvalue weighted by atomic mass is 19.4. The number of fused-ring (bicyclic) bond motifs is 4. The van der Waals surface area contributed by atoms with E-state index < -0.39 is 41.7 Å². The number of aromatic amines is 1. The predicted molar refractivity (Wildman–Crippen MR) is 132 cm³/mol. The van der Waals surface area contributed by atoms with Crippen molar-refractivity contribution >= 4 is 33.6 Å². The van der Waals surface area contributed by atoms with Gasteiger partial charge in [0.1, 0.15) is 23.0 Å². The Morgan fingerprint density at radius 1 is 1.10 bits per heavy atom. The number of para-hydroxylation sites is 1. The third-order valence-electron chi connectivity index (χ3n) is 7.82. The maximum atomic E-state index is 14.4. The molecule has 7 nitrogen and oxygen atoms in total. The van der Waals surface area contributed by atoms with E-state index >= 15 is 0 Å². The van der Waals surface area contributed by atoms with Crippen LogP contribution in [0.2, 0.25) is 0 Å². The Bertz CT molecular complexity index is 1590. The number of anilines is 1. The number of aromatic nitrogens is 3. The van der Waals surface area contributed by atoms with Gasteiger partial charge in [0, 0.05) is 34.6 Å². The van der Waals surface area contributed by atoms with Crippen molar-refractivity contribution in [1.82, 2.24) is 15.0 Å². The zero-order chi connectivity index (χ0) is 27.5. The molecule has 0 saturated heterocycles. The summed E-state index contributed by atoms with van der Waals surface area (Å²) in [6.07, 6.45) is 0.450. The van der Waals surface area contributed by atoms with E-state index in [9.17, 15) is 31.9 Å². The number of halogens is 5. The molecule has 2 heterocycles. The van der Waals surface area contributed by atoms with Gasteiger partial charge in [0.2, 0.25) is 0 Å². The number of carboxylic acid groups (broad SMARTS) is 1. The number of ether oxygens (including phenoxy) is 1. The zero-order valence-electron chi connectivity index (χ0n) is 20.4. The first-order valence-corrected chi connectivity index (χ1v) is 12.6. The summed E-state index contributed by atoms with van der Waals surface area (Å²) >= 11 is 0. The number of carboxylic acids is 1. The van der Waals surface area contributed by atoms with Gasteiger partial charge >= 0.3 is 12.3 Å². The third-order valence-corrected chi connectivity index (χ3v) is 7.82. The summed E-state index contributed by atoms with van der Waals surface area (Å²) in [7, 11) is 0.